The third kappa shape index (κ3) is 4.09. The van der Waals surface area contributed by atoms with E-state index in [1.165, 1.54) is 12.1 Å². The van der Waals surface area contributed by atoms with Crippen molar-refractivity contribution in [2.75, 3.05) is 18.4 Å². The molecule has 0 radical (unpaired) electrons. The minimum atomic E-state index is -0.668. The zero-order chi connectivity index (χ0) is 21.1. The van der Waals surface area contributed by atoms with E-state index in [0.29, 0.717) is 18.9 Å². The van der Waals surface area contributed by atoms with Gasteiger partial charge in [0.05, 0.1) is 11.3 Å². The van der Waals surface area contributed by atoms with Gasteiger partial charge in [0.25, 0.3) is 0 Å². The van der Waals surface area contributed by atoms with Gasteiger partial charge in [0, 0.05) is 18.8 Å². The maximum absolute atomic E-state index is 13.9. The van der Waals surface area contributed by atoms with Gasteiger partial charge in [0.15, 0.2) is 0 Å². The number of benzene rings is 1. The normalized spacial score (nSPS) is 20.7. The fourth-order valence-corrected chi connectivity index (χ4v) is 4.91. The van der Waals surface area contributed by atoms with Crippen LogP contribution in [0.5, 0.6) is 0 Å². The van der Waals surface area contributed by atoms with E-state index in [2.05, 4.69) is 10.3 Å². The standard InChI is InChI=1S/C24H28FN3O2/c1-17-7-4-11-21(26-17)27-22(29)18-8-6-14-28(16-18)23(30)24(12-2-3-13-24)19-9-5-10-20(25)15-19/h4-5,7,9-11,15,18H,2-3,6,8,12-14,16H2,1H3,(H,26,27,29). The summed E-state index contributed by atoms with van der Waals surface area (Å²) in [6.45, 7) is 2.92. The van der Waals surface area contributed by atoms with E-state index in [9.17, 15) is 14.0 Å². The molecule has 1 N–H and O–H groups in total. The number of aromatic nitrogens is 1. The molecule has 1 aliphatic carbocycles. The van der Waals surface area contributed by atoms with Crippen LogP contribution in [-0.2, 0) is 15.0 Å². The number of rotatable bonds is 4. The van der Waals surface area contributed by atoms with Crippen LogP contribution in [0.4, 0.5) is 10.2 Å². The fraction of sp³-hybridized carbons (Fsp3) is 0.458. The van der Waals surface area contributed by atoms with Gasteiger partial charge in [0.2, 0.25) is 11.8 Å². The van der Waals surface area contributed by atoms with Crippen LogP contribution in [0.15, 0.2) is 42.5 Å². The van der Waals surface area contributed by atoms with E-state index in [-0.39, 0.29) is 23.5 Å². The molecule has 0 bridgehead atoms. The molecule has 0 spiro atoms. The minimum Gasteiger partial charge on any atom is -0.341 e. The van der Waals surface area contributed by atoms with Crippen LogP contribution < -0.4 is 5.32 Å². The number of piperidine rings is 1. The number of amides is 2. The molecule has 2 amide bonds. The molecule has 1 atom stereocenters. The summed E-state index contributed by atoms with van der Waals surface area (Å²) in [6, 6.07) is 12.0. The van der Waals surface area contributed by atoms with E-state index in [1.807, 2.05) is 30.0 Å². The maximum atomic E-state index is 13.9. The second-order valence-corrected chi connectivity index (χ2v) is 8.54. The van der Waals surface area contributed by atoms with Crippen LogP contribution in [-0.4, -0.2) is 34.8 Å². The second-order valence-electron chi connectivity index (χ2n) is 8.54. The largest absolute Gasteiger partial charge is 0.341 e. The Balaban J connectivity index is 1.50. The third-order valence-corrected chi connectivity index (χ3v) is 6.46. The highest BCUT2D eigenvalue weighted by molar-refractivity contribution is 5.93. The van der Waals surface area contributed by atoms with Gasteiger partial charge in [0.1, 0.15) is 11.6 Å². The molecule has 1 unspecified atom stereocenters. The fourth-order valence-electron chi connectivity index (χ4n) is 4.91. The highest BCUT2D eigenvalue weighted by atomic mass is 19.1. The van der Waals surface area contributed by atoms with Gasteiger partial charge < -0.3 is 10.2 Å². The number of pyridine rings is 1. The predicted octanol–water partition coefficient (Wildman–Crippen LogP) is 4.22. The van der Waals surface area contributed by atoms with Crippen LogP contribution in [0.1, 0.15) is 49.8 Å². The van der Waals surface area contributed by atoms with Crippen molar-refractivity contribution in [1.82, 2.24) is 9.88 Å². The summed E-state index contributed by atoms with van der Waals surface area (Å²) in [7, 11) is 0. The smallest absolute Gasteiger partial charge is 0.233 e. The Labute approximate surface area is 176 Å². The zero-order valence-electron chi connectivity index (χ0n) is 17.4. The minimum absolute atomic E-state index is 0.0387. The lowest BCUT2D eigenvalue weighted by Crippen LogP contribution is -2.51. The number of carbonyl (C=O) groups excluding carboxylic acids is 2. The van der Waals surface area contributed by atoms with Crippen molar-refractivity contribution in [3.05, 3.63) is 59.5 Å². The molecule has 1 aromatic heterocycles. The van der Waals surface area contributed by atoms with Gasteiger partial charge in [-0.1, -0.05) is 31.0 Å². The van der Waals surface area contributed by atoms with E-state index in [4.69, 9.17) is 0 Å². The monoisotopic (exact) mass is 409 g/mol. The van der Waals surface area contributed by atoms with Crippen molar-refractivity contribution in [2.45, 2.75) is 50.9 Å². The van der Waals surface area contributed by atoms with Crippen LogP contribution >= 0.6 is 0 Å². The first-order valence-corrected chi connectivity index (χ1v) is 10.8. The Hall–Kier alpha value is -2.76. The molecule has 30 heavy (non-hydrogen) atoms. The lowest BCUT2D eigenvalue weighted by molar-refractivity contribution is -0.140. The first-order chi connectivity index (χ1) is 14.5. The van der Waals surface area contributed by atoms with Crippen LogP contribution in [0.25, 0.3) is 0 Å². The summed E-state index contributed by atoms with van der Waals surface area (Å²) in [5.41, 5.74) is 0.936. The van der Waals surface area contributed by atoms with Crippen LogP contribution in [0.2, 0.25) is 0 Å². The summed E-state index contributed by atoms with van der Waals surface area (Å²) in [4.78, 5) is 32.7. The van der Waals surface area contributed by atoms with Gasteiger partial charge in [-0.3, -0.25) is 9.59 Å². The van der Waals surface area contributed by atoms with Gasteiger partial charge in [-0.2, -0.15) is 0 Å². The molecule has 1 saturated heterocycles. The van der Waals surface area contributed by atoms with Gasteiger partial charge in [-0.05, 0) is 62.4 Å². The number of hydrogen-bond acceptors (Lipinski definition) is 3. The summed E-state index contributed by atoms with van der Waals surface area (Å²) >= 11 is 0. The number of carbonyl (C=O) groups is 2. The average molecular weight is 410 g/mol. The topological polar surface area (TPSA) is 62.3 Å². The first-order valence-electron chi connectivity index (χ1n) is 10.8. The first kappa shape index (κ1) is 20.5. The van der Waals surface area contributed by atoms with Gasteiger partial charge in [-0.15, -0.1) is 0 Å². The molecule has 6 heteroatoms. The van der Waals surface area contributed by atoms with Crippen molar-refractivity contribution < 1.29 is 14.0 Å². The van der Waals surface area contributed by atoms with E-state index in [0.717, 1.165) is 49.8 Å². The van der Waals surface area contributed by atoms with Gasteiger partial charge >= 0.3 is 0 Å². The maximum Gasteiger partial charge on any atom is 0.233 e. The Bertz CT molecular complexity index is 940. The lowest BCUT2D eigenvalue weighted by Gasteiger charge is -2.39. The lowest BCUT2D eigenvalue weighted by atomic mass is 9.77. The summed E-state index contributed by atoms with van der Waals surface area (Å²) in [5, 5.41) is 2.89. The SMILES string of the molecule is Cc1cccc(NC(=O)C2CCCN(C(=O)C3(c4cccc(F)c4)CCCC3)C2)n1. The quantitative estimate of drug-likeness (QED) is 0.823. The molecule has 1 saturated carbocycles. The number of nitrogens with one attached hydrogen (secondary N) is 1. The van der Waals surface area contributed by atoms with Crippen molar-refractivity contribution in [1.29, 1.82) is 0 Å². The molecular formula is C24H28FN3O2. The molecule has 1 aliphatic heterocycles. The van der Waals surface area contributed by atoms with Crippen molar-refractivity contribution in [2.24, 2.45) is 5.92 Å². The van der Waals surface area contributed by atoms with Crippen LogP contribution in [0.3, 0.4) is 0 Å². The summed E-state index contributed by atoms with van der Waals surface area (Å²) in [6.07, 6.45) is 4.91. The van der Waals surface area contributed by atoms with Crippen LogP contribution in [0, 0.1) is 18.7 Å². The molecule has 4 rings (SSSR count). The zero-order valence-corrected chi connectivity index (χ0v) is 17.4. The Morgan fingerprint density at radius 1 is 1.13 bits per heavy atom. The number of aryl methyl sites for hydroxylation is 1. The number of anilines is 1. The summed E-state index contributed by atoms with van der Waals surface area (Å²) < 4.78 is 13.9. The van der Waals surface area contributed by atoms with Gasteiger partial charge in [-0.25, -0.2) is 9.37 Å². The molecule has 2 aromatic rings. The van der Waals surface area contributed by atoms with Crippen molar-refractivity contribution in [3.63, 3.8) is 0 Å². The Kier molecular flexibility index (Phi) is 5.84. The molecule has 158 valence electrons. The third-order valence-electron chi connectivity index (χ3n) is 6.46. The molecule has 2 aliphatic rings. The molecule has 2 fully saturated rings. The molecule has 5 nitrogen and oxygen atoms in total. The van der Waals surface area contributed by atoms with Crippen molar-refractivity contribution >= 4 is 17.6 Å². The molecular weight excluding hydrogens is 381 g/mol. The number of likely N-dealkylation sites (tertiary alicyclic amines) is 1. The molecule has 2 heterocycles. The number of nitrogens with zero attached hydrogens (tertiary/aromatic N) is 2. The van der Waals surface area contributed by atoms with E-state index < -0.39 is 5.41 Å². The highest BCUT2D eigenvalue weighted by Crippen LogP contribution is 2.43. The highest BCUT2D eigenvalue weighted by Gasteiger charge is 2.46. The number of halogens is 1. The van der Waals surface area contributed by atoms with E-state index in [1.54, 1.807) is 12.1 Å². The predicted molar refractivity (Wildman–Crippen MR) is 113 cm³/mol. The molecule has 1 aromatic carbocycles. The average Bonchev–Trinajstić information content (AvgIpc) is 3.24. The number of hydrogen-bond donors (Lipinski definition) is 1. The van der Waals surface area contributed by atoms with E-state index >= 15 is 0 Å². The van der Waals surface area contributed by atoms with Crippen molar-refractivity contribution in [3.8, 4) is 0 Å². The summed E-state index contributed by atoms with van der Waals surface area (Å²) in [5.74, 6) is -0.104. The Morgan fingerprint density at radius 3 is 2.63 bits per heavy atom. The second kappa shape index (κ2) is 8.54. The Morgan fingerprint density at radius 2 is 1.90 bits per heavy atom.